The van der Waals surface area contributed by atoms with Gasteiger partial charge < -0.3 is 9.64 Å². The first-order chi connectivity index (χ1) is 12.2. The summed E-state index contributed by atoms with van der Waals surface area (Å²) in [7, 11) is 0. The van der Waals surface area contributed by atoms with Crippen molar-refractivity contribution in [2.75, 3.05) is 19.7 Å². The molecule has 3 heterocycles. The molecule has 4 rings (SSSR count). The lowest BCUT2D eigenvalue weighted by Crippen LogP contribution is -2.44. The van der Waals surface area contributed by atoms with Gasteiger partial charge in [-0.15, -0.1) is 10.2 Å². The molecule has 0 N–H and O–H groups in total. The molecule has 2 aliphatic heterocycles. The highest BCUT2D eigenvalue weighted by molar-refractivity contribution is 5.81. The van der Waals surface area contributed by atoms with Crippen LogP contribution in [0.3, 0.4) is 0 Å². The summed E-state index contributed by atoms with van der Waals surface area (Å²) in [4.78, 5) is 15.9. The van der Waals surface area contributed by atoms with E-state index in [1.54, 1.807) is 16.9 Å². The summed E-state index contributed by atoms with van der Waals surface area (Å²) in [6.45, 7) is 2.04. The first-order valence-electron chi connectivity index (χ1n) is 8.66. The van der Waals surface area contributed by atoms with Gasteiger partial charge in [0.15, 0.2) is 0 Å². The molecule has 0 aliphatic carbocycles. The zero-order valence-electron chi connectivity index (χ0n) is 13.8. The smallest absolute Gasteiger partial charge is 0.251 e. The number of benzene rings is 1. The van der Waals surface area contributed by atoms with Crippen molar-refractivity contribution in [3.05, 3.63) is 30.1 Å². The number of carbonyl (C=O) groups excluding carboxylic acids is 1. The van der Waals surface area contributed by atoms with Gasteiger partial charge in [0.05, 0.1) is 6.04 Å². The highest BCUT2D eigenvalue weighted by Crippen LogP contribution is 2.24. The summed E-state index contributed by atoms with van der Waals surface area (Å²) in [6.07, 6.45) is 3.10. The van der Waals surface area contributed by atoms with Crippen molar-refractivity contribution < 1.29 is 13.9 Å². The number of rotatable bonds is 3. The van der Waals surface area contributed by atoms with Gasteiger partial charge in [-0.3, -0.25) is 4.79 Å². The van der Waals surface area contributed by atoms with Gasteiger partial charge in [0, 0.05) is 25.3 Å². The summed E-state index contributed by atoms with van der Waals surface area (Å²) in [5, 5.41) is 12.6. The fourth-order valence-electron chi connectivity index (χ4n) is 3.39. The van der Waals surface area contributed by atoms with E-state index in [0.717, 1.165) is 31.2 Å². The van der Waals surface area contributed by atoms with E-state index in [9.17, 15) is 9.18 Å². The maximum absolute atomic E-state index is 13.0. The quantitative estimate of drug-likeness (QED) is 0.848. The number of nitrogens with zero attached hydrogens (tertiary/aromatic N) is 5. The molecule has 0 spiro atoms. The van der Waals surface area contributed by atoms with E-state index in [-0.39, 0.29) is 23.9 Å². The summed E-state index contributed by atoms with van der Waals surface area (Å²) in [5.74, 6) is 0.298. The highest BCUT2D eigenvalue weighted by atomic mass is 19.1. The third-order valence-corrected chi connectivity index (χ3v) is 4.84. The van der Waals surface area contributed by atoms with Crippen LogP contribution >= 0.6 is 0 Å². The van der Waals surface area contributed by atoms with Crippen LogP contribution in [-0.2, 0) is 9.53 Å². The predicted molar refractivity (Wildman–Crippen MR) is 87.0 cm³/mol. The summed E-state index contributed by atoms with van der Waals surface area (Å²) in [5.41, 5.74) is 0.735. The minimum Gasteiger partial charge on any atom is -0.368 e. The highest BCUT2D eigenvalue weighted by Gasteiger charge is 2.31. The van der Waals surface area contributed by atoms with E-state index >= 15 is 0 Å². The number of hydrogen-bond donors (Lipinski definition) is 0. The maximum atomic E-state index is 13.0. The third-order valence-electron chi connectivity index (χ3n) is 4.84. The van der Waals surface area contributed by atoms with Crippen LogP contribution in [0.1, 0.15) is 31.7 Å². The lowest BCUT2D eigenvalue weighted by molar-refractivity contribution is -0.142. The van der Waals surface area contributed by atoms with Crippen molar-refractivity contribution >= 4 is 5.91 Å². The number of halogens is 1. The molecule has 2 saturated heterocycles. The number of likely N-dealkylation sites (tertiary alicyclic amines) is 1. The zero-order chi connectivity index (χ0) is 17.2. The summed E-state index contributed by atoms with van der Waals surface area (Å²) in [6, 6.07) is 6.16. The molecular weight excluding hydrogens is 325 g/mol. The summed E-state index contributed by atoms with van der Waals surface area (Å²) < 4.78 is 18.5. The van der Waals surface area contributed by atoms with E-state index in [1.807, 2.05) is 4.90 Å². The Morgan fingerprint density at radius 1 is 1.16 bits per heavy atom. The Kier molecular flexibility index (Phi) is 4.44. The van der Waals surface area contributed by atoms with Crippen LogP contribution in [0, 0.1) is 5.82 Å². The first kappa shape index (κ1) is 16.1. The van der Waals surface area contributed by atoms with E-state index in [2.05, 4.69) is 15.4 Å². The van der Waals surface area contributed by atoms with Crippen molar-refractivity contribution in [2.45, 2.75) is 37.8 Å². The van der Waals surface area contributed by atoms with E-state index in [0.29, 0.717) is 25.5 Å². The molecule has 1 atom stereocenters. The Morgan fingerprint density at radius 3 is 2.60 bits per heavy atom. The number of carbonyl (C=O) groups is 1. The summed E-state index contributed by atoms with van der Waals surface area (Å²) >= 11 is 0. The SMILES string of the molecule is O=C([C@H]1CCCO1)N1CCC(n2nnc(-c3ccc(F)cc3)n2)CC1. The van der Waals surface area contributed by atoms with Crippen LogP contribution in [0.2, 0.25) is 0 Å². The Bertz CT molecular complexity index is 734. The molecule has 1 aromatic carbocycles. The normalized spacial score (nSPS) is 21.6. The van der Waals surface area contributed by atoms with Gasteiger partial charge in [0.25, 0.3) is 5.91 Å². The number of ether oxygens (including phenoxy) is 1. The number of aromatic nitrogens is 4. The average molecular weight is 345 g/mol. The molecule has 0 radical (unpaired) electrons. The fraction of sp³-hybridized carbons (Fsp3) is 0.529. The van der Waals surface area contributed by atoms with E-state index in [1.165, 1.54) is 12.1 Å². The molecule has 25 heavy (non-hydrogen) atoms. The molecule has 2 aliphatic rings. The van der Waals surface area contributed by atoms with Crippen molar-refractivity contribution in [3.63, 3.8) is 0 Å². The minimum absolute atomic E-state index is 0.106. The first-order valence-corrected chi connectivity index (χ1v) is 8.66. The second-order valence-electron chi connectivity index (χ2n) is 6.50. The lowest BCUT2D eigenvalue weighted by atomic mass is 10.0. The van der Waals surface area contributed by atoms with Gasteiger partial charge in [0.1, 0.15) is 11.9 Å². The molecule has 132 valence electrons. The Morgan fingerprint density at radius 2 is 1.92 bits per heavy atom. The fourth-order valence-corrected chi connectivity index (χ4v) is 3.39. The molecular formula is C17H20FN5O2. The van der Waals surface area contributed by atoms with Crippen LogP contribution in [0.5, 0.6) is 0 Å². The van der Waals surface area contributed by atoms with Crippen LogP contribution in [0.4, 0.5) is 4.39 Å². The van der Waals surface area contributed by atoms with Crippen LogP contribution in [0.25, 0.3) is 11.4 Å². The number of piperidine rings is 1. The van der Waals surface area contributed by atoms with Gasteiger partial charge in [-0.05, 0) is 55.2 Å². The maximum Gasteiger partial charge on any atom is 0.251 e. The standard InChI is InChI=1S/C17H20FN5O2/c18-13-5-3-12(4-6-13)16-19-21-23(20-16)14-7-9-22(10-8-14)17(24)15-2-1-11-25-15/h3-6,14-15H,1-2,7-11H2/t15-/m1/s1. The van der Waals surface area contributed by atoms with Gasteiger partial charge in [-0.25, -0.2) is 4.39 Å². The number of hydrogen-bond acceptors (Lipinski definition) is 5. The molecule has 0 bridgehead atoms. The van der Waals surface area contributed by atoms with Gasteiger partial charge in [-0.1, -0.05) is 0 Å². The average Bonchev–Trinajstić information content (AvgIpc) is 3.34. The Labute approximate surface area is 144 Å². The lowest BCUT2D eigenvalue weighted by Gasteiger charge is -2.32. The monoisotopic (exact) mass is 345 g/mol. The minimum atomic E-state index is -0.292. The van der Waals surface area contributed by atoms with Crippen LogP contribution in [-0.4, -0.2) is 56.8 Å². The largest absolute Gasteiger partial charge is 0.368 e. The van der Waals surface area contributed by atoms with Crippen molar-refractivity contribution in [1.82, 2.24) is 25.1 Å². The topological polar surface area (TPSA) is 73.1 Å². The van der Waals surface area contributed by atoms with Gasteiger partial charge >= 0.3 is 0 Å². The molecule has 2 fully saturated rings. The molecule has 2 aromatic rings. The molecule has 1 aromatic heterocycles. The van der Waals surface area contributed by atoms with Crippen molar-refractivity contribution in [1.29, 1.82) is 0 Å². The van der Waals surface area contributed by atoms with Gasteiger partial charge in [0.2, 0.25) is 5.82 Å². The molecule has 1 amide bonds. The van der Waals surface area contributed by atoms with Gasteiger partial charge in [-0.2, -0.15) is 4.80 Å². The zero-order valence-corrected chi connectivity index (χ0v) is 13.8. The Hall–Kier alpha value is -2.35. The van der Waals surface area contributed by atoms with E-state index < -0.39 is 0 Å². The number of amides is 1. The second kappa shape index (κ2) is 6.87. The van der Waals surface area contributed by atoms with Crippen molar-refractivity contribution in [2.24, 2.45) is 0 Å². The molecule has 0 saturated carbocycles. The van der Waals surface area contributed by atoms with E-state index in [4.69, 9.17) is 4.74 Å². The van der Waals surface area contributed by atoms with Crippen LogP contribution in [0.15, 0.2) is 24.3 Å². The third kappa shape index (κ3) is 3.39. The van der Waals surface area contributed by atoms with Crippen LogP contribution < -0.4 is 0 Å². The molecule has 8 heteroatoms. The predicted octanol–water partition coefficient (Wildman–Crippen LogP) is 1.82. The molecule has 0 unspecified atom stereocenters. The van der Waals surface area contributed by atoms with Crippen molar-refractivity contribution in [3.8, 4) is 11.4 Å². The number of tetrazole rings is 1. The molecule has 7 nitrogen and oxygen atoms in total. The second-order valence-corrected chi connectivity index (χ2v) is 6.50. The Balaban J connectivity index is 1.38.